The third-order valence-electron chi connectivity index (χ3n) is 8.13. The minimum atomic E-state index is 0. The standard InChI is InChI=1S/C36H20N8O.Pt/c1-3-17-31-29(15-1)41(35-39-27-13-7-19-37-33(27)43(31)35)23-9-5-11-25(21-23)45-26-12-6-10-24(22-26)42-30-16-2-4-18-32(30)44-34-28(40-36(42)44)14-8-20-38-34;/h1-20H;/q-2;+2. The Labute approximate surface area is 275 Å². The molecule has 0 unspecified atom stereocenters. The zero-order chi connectivity index (χ0) is 29.5. The summed E-state index contributed by atoms with van der Waals surface area (Å²) in [5.41, 5.74) is 8.93. The minimum Gasteiger partial charge on any atom is -0.509 e. The van der Waals surface area contributed by atoms with Crippen LogP contribution in [0.3, 0.4) is 0 Å². The van der Waals surface area contributed by atoms with Crippen molar-refractivity contribution < 1.29 is 25.8 Å². The number of aromatic nitrogens is 8. The molecule has 0 amide bonds. The van der Waals surface area contributed by atoms with Gasteiger partial charge in [0.2, 0.25) is 11.6 Å². The molecule has 46 heavy (non-hydrogen) atoms. The Hall–Kier alpha value is -5.79. The summed E-state index contributed by atoms with van der Waals surface area (Å²) in [7, 11) is 0. The Bertz CT molecular complexity index is 2580. The molecule has 0 aliphatic rings. The van der Waals surface area contributed by atoms with E-state index < -0.39 is 0 Å². The molecule has 10 aromatic rings. The van der Waals surface area contributed by atoms with Crippen LogP contribution in [0.5, 0.6) is 11.5 Å². The monoisotopic (exact) mass is 775 g/mol. The van der Waals surface area contributed by atoms with E-state index in [1.54, 1.807) is 12.4 Å². The normalized spacial score (nSPS) is 11.7. The van der Waals surface area contributed by atoms with Gasteiger partial charge in [0.25, 0.3) is 0 Å². The number of fused-ring (bicyclic) bond motifs is 10. The number of nitrogens with zero attached hydrogens (tertiary/aromatic N) is 8. The van der Waals surface area contributed by atoms with Crippen LogP contribution in [-0.2, 0) is 21.1 Å². The molecule has 0 atom stereocenters. The number of para-hydroxylation sites is 4. The molecule has 10 rings (SSSR count). The minimum absolute atomic E-state index is 0. The molecular formula is C36H20N8OPt. The van der Waals surface area contributed by atoms with E-state index in [1.165, 1.54) is 0 Å². The van der Waals surface area contributed by atoms with Gasteiger partial charge in [-0.25, -0.2) is 19.9 Å². The fraction of sp³-hybridized carbons (Fsp3) is 0. The van der Waals surface area contributed by atoms with Gasteiger partial charge in [0.15, 0.2) is 11.3 Å². The maximum absolute atomic E-state index is 6.41. The topological polar surface area (TPSA) is 79.5 Å². The maximum atomic E-state index is 6.41. The largest absolute Gasteiger partial charge is 2.00 e. The van der Waals surface area contributed by atoms with Crippen LogP contribution in [0.2, 0.25) is 0 Å². The van der Waals surface area contributed by atoms with E-state index in [1.807, 2.05) is 84.9 Å². The first-order valence-electron chi connectivity index (χ1n) is 14.5. The molecule has 9 nitrogen and oxygen atoms in total. The number of rotatable bonds is 4. The van der Waals surface area contributed by atoms with Gasteiger partial charge in [-0.15, -0.1) is 36.4 Å². The Morgan fingerprint density at radius 1 is 0.478 bits per heavy atom. The van der Waals surface area contributed by atoms with Crippen LogP contribution in [-0.4, -0.2) is 37.9 Å². The molecule has 4 aromatic carbocycles. The van der Waals surface area contributed by atoms with Gasteiger partial charge in [0, 0.05) is 23.9 Å². The molecule has 0 N–H and O–H groups in total. The Balaban J connectivity index is 0.00000292. The second-order valence-corrected chi connectivity index (χ2v) is 10.7. The van der Waals surface area contributed by atoms with Gasteiger partial charge in [-0.2, -0.15) is 12.1 Å². The summed E-state index contributed by atoms with van der Waals surface area (Å²) in [5, 5.41) is 0. The van der Waals surface area contributed by atoms with Crippen molar-refractivity contribution in [2.24, 2.45) is 0 Å². The molecule has 220 valence electrons. The summed E-state index contributed by atoms with van der Waals surface area (Å²) in [6.45, 7) is 0. The second kappa shape index (κ2) is 10.1. The van der Waals surface area contributed by atoms with Crippen LogP contribution in [0.1, 0.15) is 0 Å². The van der Waals surface area contributed by atoms with E-state index in [2.05, 4.69) is 64.3 Å². The van der Waals surface area contributed by atoms with Crippen molar-refractivity contribution in [2.75, 3.05) is 0 Å². The number of ether oxygens (including phenoxy) is 1. The molecule has 10 heteroatoms. The predicted molar refractivity (Wildman–Crippen MR) is 172 cm³/mol. The predicted octanol–water partition coefficient (Wildman–Crippen LogP) is 7.36. The summed E-state index contributed by atoms with van der Waals surface area (Å²) < 4.78 is 14.7. The smallest absolute Gasteiger partial charge is 0.509 e. The van der Waals surface area contributed by atoms with Gasteiger partial charge in [-0.3, -0.25) is 8.80 Å². The van der Waals surface area contributed by atoms with Gasteiger partial charge in [-0.1, -0.05) is 35.6 Å². The fourth-order valence-corrected chi connectivity index (χ4v) is 6.29. The first-order valence-corrected chi connectivity index (χ1v) is 14.5. The SMILES string of the molecule is [Pt+2].[c-]1c(Oc2[c-]c(-n3c4ccccc4n4c5ncccc5nc34)ccc2)cccc1-n1c2ccccc2n2c3ncccc3nc12. The maximum Gasteiger partial charge on any atom is 2.00 e. The summed E-state index contributed by atoms with van der Waals surface area (Å²) in [6, 6.07) is 42.8. The molecule has 0 spiro atoms. The van der Waals surface area contributed by atoms with Crippen LogP contribution in [0.25, 0.3) is 67.3 Å². The molecule has 0 saturated carbocycles. The Morgan fingerprint density at radius 3 is 1.41 bits per heavy atom. The van der Waals surface area contributed by atoms with Gasteiger partial charge in [0.05, 0.1) is 22.1 Å². The van der Waals surface area contributed by atoms with Crippen LogP contribution in [0.4, 0.5) is 0 Å². The van der Waals surface area contributed by atoms with E-state index in [4.69, 9.17) is 14.7 Å². The van der Waals surface area contributed by atoms with E-state index in [9.17, 15) is 0 Å². The van der Waals surface area contributed by atoms with Crippen molar-refractivity contribution in [3.8, 4) is 22.9 Å². The van der Waals surface area contributed by atoms with Crippen molar-refractivity contribution in [3.05, 3.63) is 134 Å². The zero-order valence-corrected chi connectivity index (χ0v) is 26.1. The summed E-state index contributed by atoms with van der Waals surface area (Å²) in [6.07, 6.45) is 3.59. The molecule has 0 aliphatic carbocycles. The Morgan fingerprint density at radius 2 is 0.935 bits per heavy atom. The summed E-state index contributed by atoms with van der Waals surface area (Å²) >= 11 is 0. The first kappa shape index (κ1) is 26.6. The van der Waals surface area contributed by atoms with Crippen LogP contribution < -0.4 is 4.74 Å². The van der Waals surface area contributed by atoms with Gasteiger partial charge in [-0.05, 0) is 48.5 Å². The molecule has 6 aromatic heterocycles. The van der Waals surface area contributed by atoms with E-state index in [-0.39, 0.29) is 21.1 Å². The van der Waals surface area contributed by atoms with Crippen molar-refractivity contribution in [3.63, 3.8) is 0 Å². The first-order chi connectivity index (χ1) is 22.3. The number of pyridine rings is 2. The molecular weight excluding hydrogens is 756 g/mol. The third kappa shape index (κ3) is 3.79. The van der Waals surface area contributed by atoms with E-state index in [0.717, 1.165) is 67.3 Å². The average Bonchev–Trinajstić information content (AvgIpc) is 3.81. The molecule has 0 saturated heterocycles. The quantitative estimate of drug-likeness (QED) is 0.175. The van der Waals surface area contributed by atoms with Crippen molar-refractivity contribution in [2.45, 2.75) is 0 Å². The van der Waals surface area contributed by atoms with Crippen molar-refractivity contribution in [1.82, 2.24) is 37.9 Å². The van der Waals surface area contributed by atoms with Gasteiger partial charge < -0.3 is 13.9 Å². The Kier molecular flexibility index (Phi) is 5.85. The van der Waals surface area contributed by atoms with Crippen molar-refractivity contribution in [1.29, 1.82) is 0 Å². The summed E-state index contributed by atoms with van der Waals surface area (Å²) in [5.74, 6) is 2.64. The number of hydrogen-bond donors (Lipinski definition) is 0. The van der Waals surface area contributed by atoms with Gasteiger partial charge >= 0.3 is 21.1 Å². The number of hydrogen-bond acceptors (Lipinski definition) is 5. The molecule has 0 bridgehead atoms. The fourth-order valence-electron chi connectivity index (χ4n) is 6.29. The van der Waals surface area contributed by atoms with Crippen molar-refractivity contribution >= 4 is 55.9 Å². The average molecular weight is 776 g/mol. The number of benzene rings is 4. The van der Waals surface area contributed by atoms with Crippen LogP contribution >= 0.6 is 0 Å². The second-order valence-electron chi connectivity index (χ2n) is 10.7. The third-order valence-corrected chi connectivity index (χ3v) is 8.13. The molecule has 0 fully saturated rings. The van der Waals surface area contributed by atoms with E-state index >= 15 is 0 Å². The molecule has 0 radical (unpaired) electrons. The van der Waals surface area contributed by atoms with E-state index in [0.29, 0.717) is 11.5 Å². The summed E-state index contributed by atoms with van der Waals surface area (Å²) in [4.78, 5) is 19.1. The molecule has 0 aliphatic heterocycles. The van der Waals surface area contributed by atoms with Crippen LogP contribution in [0, 0.1) is 12.1 Å². The van der Waals surface area contributed by atoms with Crippen LogP contribution in [0.15, 0.2) is 122 Å². The zero-order valence-electron chi connectivity index (χ0n) is 23.8. The van der Waals surface area contributed by atoms with Gasteiger partial charge in [0.1, 0.15) is 11.0 Å². The molecule has 6 heterocycles. The number of imidazole rings is 4.